The molecular weight excluding hydrogens is 399 g/mol. The van der Waals surface area contributed by atoms with Crippen LogP contribution < -0.4 is 16.2 Å². The molecule has 2 N–H and O–H groups in total. The van der Waals surface area contributed by atoms with Crippen molar-refractivity contribution in [3.63, 3.8) is 0 Å². The van der Waals surface area contributed by atoms with Gasteiger partial charge in [-0.3, -0.25) is 9.59 Å². The first-order valence-electron chi connectivity index (χ1n) is 9.68. The molecule has 0 radical (unpaired) electrons. The second-order valence-electron chi connectivity index (χ2n) is 7.21. The number of amides is 1. The van der Waals surface area contributed by atoms with Crippen molar-refractivity contribution in [3.8, 4) is 0 Å². The Kier molecular flexibility index (Phi) is 6.50. The van der Waals surface area contributed by atoms with E-state index in [0.29, 0.717) is 37.3 Å². The van der Waals surface area contributed by atoms with Crippen LogP contribution in [0.15, 0.2) is 35.3 Å². The minimum Gasteiger partial charge on any atom is -0.387 e. The molecule has 9 heteroatoms. The van der Waals surface area contributed by atoms with Crippen molar-refractivity contribution >= 4 is 11.6 Å². The monoisotopic (exact) mass is 423 g/mol. The molecule has 2 heterocycles. The summed E-state index contributed by atoms with van der Waals surface area (Å²) >= 11 is 0. The van der Waals surface area contributed by atoms with Gasteiger partial charge >= 0.3 is 6.18 Å². The number of anilines is 1. The molecule has 1 aromatic carbocycles. The van der Waals surface area contributed by atoms with E-state index in [0.717, 1.165) is 6.07 Å². The highest BCUT2D eigenvalue weighted by Gasteiger charge is 2.32. The molecular formula is C21H24F3N3O3. The fraction of sp³-hybridized carbons (Fsp3) is 0.429. The topological polar surface area (TPSA) is 72.4 Å². The molecule has 0 atom stereocenters. The van der Waals surface area contributed by atoms with Crippen molar-refractivity contribution in [2.75, 3.05) is 25.6 Å². The molecule has 0 unspecified atom stereocenters. The largest absolute Gasteiger partial charge is 0.416 e. The van der Waals surface area contributed by atoms with Gasteiger partial charge < -0.3 is 19.9 Å². The molecule has 1 aliphatic rings. The summed E-state index contributed by atoms with van der Waals surface area (Å²) in [5.41, 5.74) is 0.123. The maximum atomic E-state index is 13.1. The Balaban J connectivity index is 1.84. The molecule has 1 saturated heterocycles. The van der Waals surface area contributed by atoms with Crippen LogP contribution in [0.1, 0.15) is 45.9 Å². The third kappa shape index (κ3) is 4.67. The molecule has 6 nitrogen and oxygen atoms in total. The lowest BCUT2D eigenvalue weighted by Crippen LogP contribution is -2.32. The number of carbonyl (C=O) groups excluding carboxylic acids is 1. The van der Waals surface area contributed by atoms with Gasteiger partial charge in [-0.2, -0.15) is 13.2 Å². The molecule has 1 aromatic heterocycles. The average molecular weight is 423 g/mol. The summed E-state index contributed by atoms with van der Waals surface area (Å²) in [6.45, 7) is 2.41. The fourth-order valence-electron chi connectivity index (χ4n) is 3.64. The van der Waals surface area contributed by atoms with Gasteiger partial charge in [-0.15, -0.1) is 0 Å². The van der Waals surface area contributed by atoms with Crippen LogP contribution in [0.5, 0.6) is 0 Å². The number of nitrogens with zero attached hydrogens (tertiary/aromatic N) is 1. The first-order chi connectivity index (χ1) is 14.2. The molecule has 1 fully saturated rings. The number of halogens is 3. The zero-order chi connectivity index (χ0) is 21.9. The van der Waals surface area contributed by atoms with Gasteiger partial charge in [0.25, 0.3) is 11.5 Å². The summed E-state index contributed by atoms with van der Waals surface area (Å²) < 4.78 is 46.2. The lowest BCUT2D eigenvalue weighted by atomic mass is 10.0. The maximum absolute atomic E-state index is 13.1. The Morgan fingerprint density at radius 3 is 2.60 bits per heavy atom. The molecule has 3 rings (SSSR count). The number of benzene rings is 1. The Hall–Kier alpha value is -2.81. The van der Waals surface area contributed by atoms with E-state index >= 15 is 0 Å². The van der Waals surface area contributed by atoms with Crippen molar-refractivity contribution in [1.82, 2.24) is 9.88 Å². The first kappa shape index (κ1) is 21.9. The van der Waals surface area contributed by atoms with E-state index in [1.54, 1.807) is 13.1 Å². The number of carbonyl (C=O) groups is 1. The highest BCUT2D eigenvalue weighted by Crippen LogP contribution is 2.33. The van der Waals surface area contributed by atoms with Gasteiger partial charge in [-0.1, -0.05) is 12.1 Å². The van der Waals surface area contributed by atoms with E-state index in [4.69, 9.17) is 4.74 Å². The van der Waals surface area contributed by atoms with E-state index < -0.39 is 17.6 Å². The van der Waals surface area contributed by atoms with Crippen LogP contribution in [0.4, 0.5) is 18.9 Å². The number of pyridine rings is 1. The predicted molar refractivity (Wildman–Crippen MR) is 107 cm³/mol. The summed E-state index contributed by atoms with van der Waals surface area (Å²) in [5, 5.41) is 5.51. The third-order valence-corrected chi connectivity index (χ3v) is 5.37. The van der Waals surface area contributed by atoms with Crippen molar-refractivity contribution in [3.05, 3.63) is 63.1 Å². The second kappa shape index (κ2) is 8.91. The van der Waals surface area contributed by atoms with Gasteiger partial charge in [0, 0.05) is 45.1 Å². The number of aromatic nitrogens is 1. The zero-order valence-electron chi connectivity index (χ0n) is 16.8. The van der Waals surface area contributed by atoms with Crippen molar-refractivity contribution in [2.45, 2.75) is 38.5 Å². The average Bonchev–Trinajstić information content (AvgIpc) is 2.72. The summed E-state index contributed by atoms with van der Waals surface area (Å²) in [4.78, 5) is 25.3. The first-order valence-corrected chi connectivity index (χ1v) is 9.68. The molecule has 0 bridgehead atoms. The van der Waals surface area contributed by atoms with Crippen LogP contribution in [0, 0.1) is 6.92 Å². The van der Waals surface area contributed by atoms with Gasteiger partial charge in [0.15, 0.2) is 0 Å². The Bertz CT molecular complexity index is 980. The summed E-state index contributed by atoms with van der Waals surface area (Å²) in [7, 11) is 1.60. The fourth-order valence-corrected chi connectivity index (χ4v) is 3.64. The number of nitrogens with one attached hydrogen (secondary N) is 2. The predicted octanol–water partition coefficient (Wildman–Crippen LogP) is 3.50. The van der Waals surface area contributed by atoms with Crippen molar-refractivity contribution in [1.29, 1.82) is 0 Å². The van der Waals surface area contributed by atoms with E-state index in [9.17, 15) is 22.8 Å². The van der Waals surface area contributed by atoms with Crippen LogP contribution in [-0.4, -0.2) is 30.7 Å². The Morgan fingerprint density at radius 2 is 1.97 bits per heavy atom. The highest BCUT2D eigenvalue weighted by atomic mass is 19.4. The summed E-state index contributed by atoms with van der Waals surface area (Å²) in [6, 6.07) is 5.19. The molecule has 2 aromatic rings. The Morgan fingerprint density at radius 1 is 1.27 bits per heavy atom. The third-order valence-electron chi connectivity index (χ3n) is 5.37. The number of ether oxygens (including phenoxy) is 1. The van der Waals surface area contributed by atoms with Crippen LogP contribution in [-0.2, 0) is 17.5 Å². The molecule has 162 valence electrons. The molecule has 0 aliphatic carbocycles. The normalized spacial score (nSPS) is 15.1. The molecule has 0 spiro atoms. The zero-order valence-corrected chi connectivity index (χ0v) is 16.8. The van der Waals surface area contributed by atoms with Gasteiger partial charge in [0.05, 0.1) is 16.8 Å². The summed E-state index contributed by atoms with van der Waals surface area (Å²) in [6.07, 6.45) is -1.60. The number of alkyl halides is 3. The minimum atomic E-state index is -4.46. The number of hydrogen-bond donors (Lipinski definition) is 2. The van der Waals surface area contributed by atoms with Gasteiger partial charge in [0.1, 0.15) is 0 Å². The number of rotatable bonds is 5. The van der Waals surface area contributed by atoms with Gasteiger partial charge in [-0.05, 0) is 37.0 Å². The maximum Gasteiger partial charge on any atom is 0.416 e. The highest BCUT2D eigenvalue weighted by molar-refractivity contribution is 5.99. The minimum absolute atomic E-state index is 0.0607. The van der Waals surface area contributed by atoms with Crippen LogP contribution >= 0.6 is 0 Å². The van der Waals surface area contributed by atoms with Crippen LogP contribution in [0.2, 0.25) is 0 Å². The van der Waals surface area contributed by atoms with E-state index in [1.165, 1.54) is 29.8 Å². The molecule has 1 amide bonds. The van der Waals surface area contributed by atoms with E-state index in [2.05, 4.69) is 10.6 Å². The van der Waals surface area contributed by atoms with Crippen LogP contribution in [0.25, 0.3) is 0 Å². The second-order valence-corrected chi connectivity index (χ2v) is 7.21. The standard InChI is InChI=1S/C21H24F3N3O3/c1-13-14(4-3-5-17(13)21(22,23)24)11-26-20(29)16-12-27(15-6-8-30-9-7-15)19(28)10-18(16)25-2/h3-5,10,12,15,25H,6-9,11H2,1-2H3,(H,26,29). The smallest absolute Gasteiger partial charge is 0.387 e. The summed E-state index contributed by atoms with van der Waals surface area (Å²) in [5.74, 6) is -0.475. The SMILES string of the molecule is CNc1cc(=O)n(C2CCOCC2)cc1C(=O)NCc1cccc(C(F)(F)F)c1C. The van der Waals surface area contributed by atoms with Crippen molar-refractivity contribution in [2.24, 2.45) is 0 Å². The quantitative estimate of drug-likeness (QED) is 0.772. The lowest BCUT2D eigenvalue weighted by molar-refractivity contribution is -0.138. The lowest BCUT2D eigenvalue weighted by Gasteiger charge is -2.25. The van der Waals surface area contributed by atoms with E-state index in [1.807, 2.05) is 0 Å². The molecule has 0 saturated carbocycles. The van der Waals surface area contributed by atoms with Crippen LogP contribution in [0.3, 0.4) is 0 Å². The van der Waals surface area contributed by atoms with Gasteiger partial charge in [-0.25, -0.2) is 0 Å². The number of hydrogen-bond acceptors (Lipinski definition) is 4. The van der Waals surface area contributed by atoms with Gasteiger partial charge in [0.2, 0.25) is 0 Å². The molecule has 30 heavy (non-hydrogen) atoms. The van der Waals surface area contributed by atoms with E-state index in [-0.39, 0.29) is 29.3 Å². The molecule has 1 aliphatic heterocycles. The Labute approximate surface area is 172 Å². The van der Waals surface area contributed by atoms with Crippen molar-refractivity contribution < 1.29 is 22.7 Å².